The van der Waals surface area contributed by atoms with Crippen molar-refractivity contribution in [2.75, 3.05) is 0 Å². The van der Waals surface area contributed by atoms with Gasteiger partial charge in [-0.1, -0.05) is 164 Å². The molecule has 0 aliphatic rings. The third-order valence-corrected chi connectivity index (χ3v) is 16.3. The van der Waals surface area contributed by atoms with Gasteiger partial charge < -0.3 is 18.3 Å². The van der Waals surface area contributed by atoms with Crippen LogP contribution in [0.1, 0.15) is 0 Å². The molecule has 0 saturated carbocycles. The van der Waals surface area contributed by atoms with E-state index in [4.69, 9.17) is 0 Å². The Morgan fingerprint density at radius 2 is 0.568 bits per heavy atom. The minimum absolute atomic E-state index is 1.14. The van der Waals surface area contributed by atoms with Gasteiger partial charge in [0.25, 0.3) is 0 Å². The van der Waals surface area contributed by atoms with Crippen LogP contribution in [0.25, 0.3) is 153 Å². The zero-order valence-electron chi connectivity index (χ0n) is 40.0. The first kappa shape index (κ1) is 39.8. The summed E-state index contributed by atoms with van der Waals surface area (Å²) in [5.74, 6) is 0. The Bertz CT molecular complexity index is 5160. The highest BCUT2D eigenvalue weighted by atomic mass is 15.0. The highest BCUT2D eigenvalue weighted by Crippen LogP contribution is 2.46. The van der Waals surface area contributed by atoms with Crippen LogP contribution in [0.4, 0.5) is 0 Å². The third kappa shape index (κ3) is 5.35. The van der Waals surface area contributed by atoms with Gasteiger partial charge in [0.15, 0.2) is 0 Å². The summed E-state index contributed by atoms with van der Waals surface area (Å²) >= 11 is 0. The van der Waals surface area contributed by atoms with E-state index in [1.807, 2.05) is 0 Å². The van der Waals surface area contributed by atoms with Crippen LogP contribution in [0.5, 0.6) is 0 Å². The monoisotopic (exact) mass is 938 g/mol. The number of para-hydroxylation sites is 6. The summed E-state index contributed by atoms with van der Waals surface area (Å²) in [7, 11) is 0. The molecule has 0 saturated heterocycles. The molecule has 4 nitrogen and oxygen atoms in total. The highest BCUT2D eigenvalue weighted by molar-refractivity contribution is 6.28. The Hall–Kier alpha value is -9.90. The summed E-state index contributed by atoms with van der Waals surface area (Å²) in [5.41, 5.74) is 16.7. The van der Waals surface area contributed by atoms with Crippen molar-refractivity contribution in [3.8, 4) is 33.9 Å². The largest absolute Gasteiger partial charge is 0.309 e. The van der Waals surface area contributed by atoms with Crippen LogP contribution in [0.15, 0.2) is 255 Å². The number of hydrogen-bond acceptors (Lipinski definition) is 0. The standard InChI is InChI=1S/C70H42N4/c1-3-15-46(16-4-1)71-60-23-11-7-19-50(60)56-39-57-52-21-9-13-25-62(52)73(66(57)41-65(56)71)48-33-27-43(28-34-48)49-35-29-44-31-37-55-64(38-32-45-30-36-54(49)69(44)70(45)55)74-63-26-14-10-22-53(63)59-40-58-51-20-8-12-24-61(51)72(67(58)42-68(59)74)47-17-5-2-6-18-47/h1-42H. The van der Waals surface area contributed by atoms with Gasteiger partial charge in [0, 0.05) is 65.5 Å². The molecule has 13 aromatic carbocycles. The molecule has 0 radical (unpaired) electrons. The molecule has 4 heteroatoms. The van der Waals surface area contributed by atoms with E-state index in [0.717, 1.165) is 17.1 Å². The lowest BCUT2D eigenvalue weighted by Gasteiger charge is -2.18. The number of aromatic nitrogens is 4. The quantitative estimate of drug-likeness (QED) is 0.153. The van der Waals surface area contributed by atoms with E-state index >= 15 is 0 Å². The van der Waals surface area contributed by atoms with Gasteiger partial charge in [0.1, 0.15) is 0 Å². The summed E-state index contributed by atoms with van der Waals surface area (Å²) < 4.78 is 9.81. The Kier molecular flexibility index (Phi) is 7.97. The van der Waals surface area contributed by atoms with Crippen molar-refractivity contribution in [3.63, 3.8) is 0 Å². The average Bonchev–Trinajstić information content (AvgIpc) is 4.24. The maximum Gasteiger partial charge on any atom is 0.0562 e. The minimum Gasteiger partial charge on any atom is -0.309 e. The van der Waals surface area contributed by atoms with Crippen LogP contribution in [0.3, 0.4) is 0 Å². The predicted molar refractivity (Wildman–Crippen MR) is 313 cm³/mol. The van der Waals surface area contributed by atoms with Crippen LogP contribution in [-0.4, -0.2) is 18.3 Å². The summed E-state index contributed by atoms with van der Waals surface area (Å²) in [6, 6.07) is 94.6. The zero-order chi connectivity index (χ0) is 48.2. The lowest BCUT2D eigenvalue weighted by atomic mass is 9.89. The van der Waals surface area contributed by atoms with Gasteiger partial charge in [-0.25, -0.2) is 0 Å². The molecule has 74 heavy (non-hydrogen) atoms. The number of nitrogens with zero attached hydrogens (tertiary/aromatic N) is 4. The summed E-state index contributed by atoms with van der Waals surface area (Å²) in [4.78, 5) is 0. The van der Waals surface area contributed by atoms with E-state index in [1.165, 1.54) is 136 Å². The van der Waals surface area contributed by atoms with Gasteiger partial charge in [-0.05, 0) is 129 Å². The maximum atomic E-state index is 2.52. The molecule has 4 heterocycles. The lowest BCUT2D eigenvalue weighted by molar-refractivity contribution is 1.16. The van der Waals surface area contributed by atoms with Crippen molar-refractivity contribution in [1.82, 2.24) is 18.3 Å². The van der Waals surface area contributed by atoms with Crippen molar-refractivity contribution in [1.29, 1.82) is 0 Å². The fraction of sp³-hybridized carbons (Fsp3) is 0. The van der Waals surface area contributed by atoms with Crippen LogP contribution < -0.4 is 0 Å². The molecule has 0 bridgehead atoms. The van der Waals surface area contributed by atoms with Crippen LogP contribution >= 0.6 is 0 Å². The van der Waals surface area contributed by atoms with Gasteiger partial charge in [-0.3, -0.25) is 0 Å². The second kappa shape index (κ2) is 14.8. The first-order chi connectivity index (χ1) is 36.7. The van der Waals surface area contributed by atoms with Crippen molar-refractivity contribution in [2.24, 2.45) is 0 Å². The molecule has 17 aromatic rings. The third-order valence-electron chi connectivity index (χ3n) is 16.3. The highest BCUT2D eigenvalue weighted by Gasteiger charge is 2.23. The van der Waals surface area contributed by atoms with Crippen molar-refractivity contribution >= 4 is 120 Å². The van der Waals surface area contributed by atoms with Gasteiger partial charge in [0.2, 0.25) is 0 Å². The molecule has 0 unspecified atom stereocenters. The summed E-state index contributed by atoms with van der Waals surface area (Å²) in [5, 5.41) is 17.6. The predicted octanol–water partition coefficient (Wildman–Crippen LogP) is 18.6. The van der Waals surface area contributed by atoms with Gasteiger partial charge in [-0.15, -0.1) is 0 Å². The summed E-state index contributed by atoms with van der Waals surface area (Å²) in [6.07, 6.45) is 0. The van der Waals surface area contributed by atoms with Crippen molar-refractivity contribution < 1.29 is 0 Å². The molecule has 0 aliphatic heterocycles. The Morgan fingerprint density at radius 3 is 1.05 bits per heavy atom. The number of benzene rings is 13. The van der Waals surface area contributed by atoms with E-state index in [0.29, 0.717) is 0 Å². The van der Waals surface area contributed by atoms with Crippen LogP contribution in [0, 0.1) is 0 Å². The molecule has 342 valence electrons. The summed E-state index contributed by atoms with van der Waals surface area (Å²) in [6.45, 7) is 0. The maximum absolute atomic E-state index is 2.52. The van der Waals surface area contributed by atoms with Crippen LogP contribution in [-0.2, 0) is 0 Å². The zero-order valence-corrected chi connectivity index (χ0v) is 40.0. The van der Waals surface area contributed by atoms with Gasteiger partial charge >= 0.3 is 0 Å². The van der Waals surface area contributed by atoms with E-state index in [2.05, 4.69) is 273 Å². The Morgan fingerprint density at radius 1 is 0.203 bits per heavy atom. The Balaban J connectivity index is 0.846. The van der Waals surface area contributed by atoms with E-state index in [9.17, 15) is 0 Å². The average molecular weight is 939 g/mol. The fourth-order valence-electron chi connectivity index (χ4n) is 13.1. The molecule has 0 amide bonds. The molecule has 4 aromatic heterocycles. The molecule has 0 aliphatic carbocycles. The van der Waals surface area contributed by atoms with Gasteiger partial charge in [-0.2, -0.15) is 0 Å². The van der Waals surface area contributed by atoms with Crippen molar-refractivity contribution in [2.45, 2.75) is 0 Å². The van der Waals surface area contributed by atoms with E-state index < -0.39 is 0 Å². The van der Waals surface area contributed by atoms with Crippen molar-refractivity contribution in [3.05, 3.63) is 255 Å². The number of hydrogen-bond donors (Lipinski definition) is 0. The first-order valence-corrected chi connectivity index (χ1v) is 25.6. The molecule has 0 N–H and O–H groups in total. The van der Waals surface area contributed by atoms with E-state index in [-0.39, 0.29) is 0 Å². The molecular weight excluding hydrogens is 897 g/mol. The minimum atomic E-state index is 1.14. The molecule has 0 atom stereocenters. The molecule has 0 spiro atoms. The number of fused-ring (bicyclic) bond motifs is 12. The molecule has 0 fully saturated rings. The second-order valence-electron chi connectivity index (χ2n) is 20.0. The van der Waals surface area contributed by atoms with Crippen LogP contribution in [0.2, 0.25) is 0 Å². The first-order valence-electron chi connectivity index (χ1n) is 25.6. The van der Waals surface area contributed by atoms with Gasteiger partial charge in [0.05, 0.1) is 49.8 Å². The second-order valence-corrected chi connectivity index (χ2v) is 20.0. The number of rotatable bonds is 5. The lowest BCUT2D eigenvalue weighted by Crippen LogP contribution is -1.98. The topological polar surface area (TPSA) is 19.7 Å². The fourth-order valence-corrected chi connectivity index (χ4v) is 13.1. The van der Waals surface area contributed by atoms with E-state index in [1.54, 1.807) is 0 Å². The normalized spacial score (nSPS) is 12.3. The molecular formula is C70H42N4. The Labute approximate surface area is 424 Å². The molecule has 17 rings (SSSR count). The smallest absolute Gasteiger partial charge is 0.0562 e. The SMILES string of the molecule is c1ccc(-n2c3ccccc3c3cc4c5ccccc5n(-c5ccc(-c6ccc7ccc8c(-n9c%10ccccc%10c%10cc%11c%12ccccc%12n(-c%12ccccc%12)c%11cc%109)ccc9ccc6c7c98)cc5)c4cc32)cc1.